The number of ether oxygens (including phenoxy) is 1. The van der Waals surface area contributed by atoms with Crippen molar-refractivity contribution in [3.63, 3.8) is 0 Å². The number of hydrogen-bond donors (Lipinski definition) is 2. The quantitative estimate of drug-likeness (QED) is 0.671. The van der Waals surface area contributed by atoms with E-state index in [1.807, 2.05) is 30.3 Å². The summed E-state index contributed by atoms with van der Waals surface area (Å²) >= 11 is 0. The van der Waals surface area contributed by atoms with Crippen LogP contribution in [0.25, 0.3) is 0 Å². The molecular weight excluding hydrogens is 238 g/mol. The minimum absolute atomic E-state index is 0.0469. The summed E-state index contributed by atoms with van der Waals surface area (Å²) in [6.07, 6.45) is 6.88. The standard InChI is InChI=1S/C16H23NO2/c1-2-3-4-16(13-5-6-13)17-14-7-9-15(10-8-14)19-12-11-18/h2,7-10,13,16-18H,1,3-6,11-12H2. The molecule has 19 heavy (non-hydrogen) atoms. The molecule has 0 aliphatic heterocycles. The second-order valence-electron chi connectivity index (χ2n) is 5.05. The molecule has 0 amide bonds. The molecule has 2 N–H and O–H groups in total. The fraction of sp³-hybridized carbons (Fsp3) is 0.500. The molecule has 1 aliphatic carbocycles. The van der Waals surface area contributed by atoms with Crippen LogP contribution >= 0.6 is 0 Å². The predicted octanol–water partition coefficient (Wildman–Crippen LogP) is 3.21. The van der Waals surface area contributed by atoms with Crippen LogP contribution in [0.1, 0.15) is 25.7 Å². The van der Waals surface area contributed by atoms with Crippen LogP contribution in [0.15, 0.2) is 36.9 Å². The molecule has 1 aromatic rings. The van der Waals surface area contributed by atoms with Gasteiger partial charge >= 0.3 is 0 Å². The predicted molar refractivity (Wildman–Crippen MR) is 78.6 cm³/mol. The van der Waals surface area contributed by atoms with E-state index in [2.05, 4.69) is 11.9 Å². The van der Waals surface area contributed by atoms with Gasteiger partial charge in [0.05, 0.1) is 6.61 Å². The van der Waals surface area contributed by atoms with Crippen molar-refractivity contribution in [3.05, 3.63) is 36.9 Å². The zero-order valence-corrected chi connectivity index (χ0v) is 11.3. The molecule has 1 aliphatic rings. The van der Waals surface area contributed by atoms with Gasteiger partial charge in [-0.15, -0.1) is 6.58 Å². The first-order valence-corrected chi connectivity index (χ1v) is 7.04. The number of anilines is 1. The third kappa shape index (κ3) is 4.60. The number of hydrogen-bond acceptors (Lipinski definition) is 3. The molecule has 0 saturated heterocycles. The summed E-state index contributed by atoms with van der Waals surface area (Å²) in [6, 6.07) is 8.51. The van der Waals surface area contributed by atoms with E-state index in [-0.39, 0.29) is 6.61 Å². The highest BCUT2D eigenvalue weighted by atomic mass is 16.5. The molecule has 0 radical (unpaired) electrons. The van der Waals surface area contributed by atoms with Crippen molar-refractivity contribution in [2.24, 2.45) is 5.92 Å². The van der Waals surface area contributed by atoms with E-state index in [4.69, 9.17) is 9.84 Å². The van der Waals surface area contributed by atoms with Crippen LogP contribution in [0.5, 0.6) is 5.75 Å². The van der Waals surface area contributed by atoms with Crippen molar-refractivity contribution in [1.29, 1.82) is 0 Å². The van der Waals surface area contributed by atoms with Gasteiger partial charge in [0.2, 0.25) is 0 Å². The van der Waals surface area contributed by atoms with E-state index in [0.29, 0.717) is 12.6 Å². The van der Waals surface area contributed by atoms with Crippen molar-refractivity contribution in [1.82, 2.24) is 0 Å². The van der Waals surface area contributed by atoms with Crippen LogP contribution in [-0.4, -0.2) is 24.4 Å². The van der Waals surface area contributed by atoms with Crippen LogP contribution in [0.2, 0.25) is 0 Å². The van der Waals surface area contributed by atoms with Gasteiger partial charge < -0.3 is 15.2 Å². The molecule has 104 valence electrons. The molecule has 0 aromatic heterocycles. The maximum Gasteiger partial charge on any atom is 0.119 e. The number of nitrogens with one attached hydrogen (secondary N) is 1. The van der Waals surface area contributed by atoms with Crippen LogP contribution in [0, 0.1) is 5.92 Å². The Morgan fingerprint density at radius 3 is 2.68 bits per heavy atom. The average molecular weight is 261 g/mol. The number of benzene rings is 1. The highest BCUT2D eigenvalue weighted by Gasteiger charge is 2.30. The highest BCUT2D eigenvalue weighted by molar-refractivity contribution is 5.47. The molecule has 0 bridgehead atoms. The zero-order chi connectivity index (χ0) is 13.5. The lowest BCUT2D eigenvalue weighted by Gasteiger charge is -2.19. The fourth-order valence-electron chi connectivity index (χ4n) is 2.25. The first-order valence-electron chi connectivity index (χ1n) is 7.04. The monoisotopic (exact) mass is 261 g/mol. The summed E-state index contributed by atoms with van der Waals surface area (Å²) in [5, 5.41) is 12.3. The van der Waals surface area contributed by atoms with Crippen LogP contribution in [-0.2, 0) is 0 Å². The molecule has 1 unspecified atom stereocenters. The van der Waals surface area contributed by atoms with E-state index < -0.39 is 0 Å². The third-order valence-electron chi connectivity index (χ3n) is 3.44. The van der Waals surface area contributed by atoms with Crippen LogP contribution in [0.3, 0.4) is 0 Å². The van der Waals surface area contributed by atoms with Gasteiger partial charge in [-0.3, -0.25) is 0 Å². The lowest BCUT2D eigenvalue weighted by Crippen LogP contribution is -2.21. The normalized spacial score (nSPS) is 15.8. The Balaban J connectivity index is 1.87. The maximum absolute atomic E-state index is 8.71. The van der Waals surface area contributed by atoms with E-state index >= 15 is 0 Å². The number of aliphatic hydroxyl groups is 1. The molecule has 1 saturated carbocycles. The Morgan fingerprint density at radius 2 is 2.11 bits per heavy atom. The Morgan fingerprint density at radius 1 is 1.37 bits per heavy atom. The van der Waals surface area contributed by atoms with Crippen molar-refractivity contribution < 1.29 is 9.84 Å². The third-order valence-corrected chi connectivity index (χ3v) is 3.44. The van der Waals surface area contributed by atoms with E-state index in [0.717, 1.165) is 30.2 Å². The Kier molecular flexibility index (Phi) is 5.28. The van der Waals surface area contributed by atoms with E-state index in [1.54, 1.807) is 0 Å². The lowest BCUT2D eigenvalue weighted by molar-refractivity contribution is 0.201. The zero-order valence-electron chi connectivity index (χ0n) is 11.3. The first kappa shape index (κ1) is 13.9. The van der Waals surface area contributed by atoms with Crippen molar-refractivity contribution in [2.75, 3.05) is 18.5 Å². The van der Waals surface area contributed by atoms with Gasteiger partial charge in [0.25, 0.3) is 0 Å². The molecule has 3 nitrogen and oxygen atoms in total. The summed E-state index contributed by atoms with van der Waals surface area (Å²) in [5.41, 5.74) is 1.14. The van der Waals surface area contributed by atoms with Gasteiger partial charge in [0.15, 0.2) is 0 Å². The number of rotatable bonds is 9. The molecule has 2 rings (SSSR count). The minimum atomic E-state index is 0.0469. The minimum Gasteiger partial charge on any atom is -0.491 e. The molecule has 3 heteroatoms. The van der Waals surface area contributed by atoms with Gasteiger partial charge in [0, 0.05) is 11.7 Å². The largest absolute Gasteiger partial charge is 0.491 e. The number of allylic oxidation sites excluding steroid dienone is 1. The second-order valence-corrected chi connectivity index (χ2v) is 5.05. The summed E-state index contributed by atoms with van der Waals surface area (Å²) in [7, 11) is 0. The first-order chi connectivity index (χ1) is 9.33. The average Bonchev–Trinajstić information content (AvgIpc) is 3.27. The lowest BCUT2D eigenvalue weighted by atomic mass is 10.1. The molecule has 0 heterocycles. The van der Waals surface area contributed by atoms with Gasteiger partial charge in [0.1, 0.15) is 12.4 Å². The number of aliphatic hydroxyl groups excluding tert-OH is 1. The molecular formula is C16H23NO2. The van der Waals surface area contributed by atoms with Gasteiger partial charge in [-0.05, 0) is 55.9 Å². The van der Waals surface area contributed by atoms with Crippen LogP contribution < -0.4 is 10.1 Å². The summed E-state index contributed by atoms with van der Waals surface area (Å²) in [5.74, 6) is 1.62. The highest BCUT2D eigenvalue weighted by Crippen LogP contribution is 2.36. The maximum atomic E-state index is 8.71. The SMILES string of the molecule is C=CCCC(Nc1ccc(OCCO)cc1)C1CC1. The van der Waals surface area contributed by atoms with Crippen molar-refractivity contribution in [3.8, 4) is 5.75 Å². The van der Waals surface area contributed by atoms with Crippen LogP contribution in [0.4, 0.5) is 5.69 Å². The van der Waals surface area contributed by atoms with E-state index in [9.17, 15) is 0 Å². The topological polar surface area (TPSA) is 41.5 Å². The van der Waals surface area contributed by atoms with Crippen molar-refractivity contribution >= 4 is 5.69 Å². The second kappa shape index (κ2) is 7.19. The molecule has 1 aromatic carbocycles. The Labute approximate surface area is 115 Å². The van der Waals surface area contributed by atoms with E-state index in [1.165, 1.54) is 12.8 Å². The molecule has 1 atom stereocenters. The van der Waals surface area contributed by atoms with Gasteiger partial charge in [-0.25, -0.2) is 0 Å². The van der Waals surface area contributed by atoms with Gasteiger partial charge in [-0.1, -0.05) is 6.08 Å². The van der Waals surface area contributed by atoms with Gasteiger partial charge in [-0.2, -0.15) is 0 Å². The summed E-state index contributed by atoms with van der Waals surface area (Å²) < 4.78 is 5.35. The smallest absolute Gasteiger partial charge is 0.119 e. The summed E-state index contributed by atoms with van der Waals surface area (Å²) in [4.78, 5) is 0. The Hall–Kier alpha value is -1.48. The molecule has 1 fully saturated rings. The van der Waals surface area contributed by atoms with Crippen molar-refractivity contribution in [2.45, 2.75) is 31.7 Å². The molecule has 0 spiro atoms. The Bertz CT molecular complexity index is 384. The summed E-state index contributed by atoms with van der Waals surface area (Å²) in [6.45, 7) is 4.19. The fourth-order valence-corrected chi connectivity index (χ4v) is 2.25.